The summed E-state index contributed by atoms with van der Waals surface area (Å²) in [4.78, 5) is 11.5. The molecule has 0 spiro atoms. The Labute approximate surface area is 102 Å². The zero-order chi connectivity index (χ0) is 12.7. The Morgan fingerprint density at radius 2 is 2.06 bits per heavy atom. The van der Waals surface area contributed by atoms with Gasteiger partial charge in [-0.1, -0.05) is 42.5 Å². The lowest BCUT2D eigenvalue weighted by atomic mass is 9.90. The Balaban J connectivity index is 2.94. The van der Waals surface area contributed by atoms with Gasteiger partial charge in [0, 0.05) is 0 Å². The van der Waals surface area contributed by atoms with Crippen molar-refractivity contribution in [3.63, 3.8) is 0 Å². The van der Waals surface area contributed by atoms with Gasteiger partial charge in [-0.15, -0.1) is 0 Å². The van der Waals surface area contributed by atoms with E-state index in [1.165, 1.54) is 0 Å². The van der Waals surface area contributed by atoms with Crippen LogP contribution in [0.15, 0.2) is 42.5 Å². The van der Waals surface area contributed by atoms with Gasteiger partial charge in [0.1, 0.15) is 5.60 Å². The molecule has 92 valence electrons. The summed E-state index contributed by atoms with van der Waals surface area (Å²) in [5.41, 5.74) is -0.603. The highest BCUT2D eigenvalue weighted by Crippen LogP contribution is 2.27. The molecule has 0 aliphatic rings. The molecule has 0 fully saturated rings. The van der Waals surface area contributed by atoms with Gasteiger partial charge < -0.3 is 9.84 Å². The average Bonchev–Trinajstić information content (AvgIpc) is 2.30. The lowest BCUT2D eigenvalue weighted by Gasteiger charge is -2.24. The second kappa shape index (κ2) is 6.21. The summed E-state index contributed by atoms with van der Waals surface area (Å²) in [6, 6.07) is 9.10. The molecule has 0 amide bonds. The van der Waals surface area contributed by atoms with Gasteiger partial charge >= 0.3 is 5.97 Å². The van der Waals surface area contributed by atoms with E-state index in [0.29, 0.717) is 12.2 Å². The highest BCUT2D eigenvalue weighted by Gasteiger charge is 2.29. The van der Waals surface area contributed by atoms with E-state index in [1.807, 2.05) is 18.2 Å². The lowest BCUT2D eigenvalue weighted by Crippen LogP contribution is -2.27. The minimum Gasteiger partial charge on any atom is -0.466 e. The monoisotopic (exact) mass is 234 g/mol. The van der Waals surface area contributed by atoms with Crippen molar-refractivity contribution in [2.75, 3.05) is 6.61 Å². The van der Waals surface area contributed by atoms with Gasteiger partial charge in [-0.2, -0.15) is 0 Å². The quantitative estimate of drug-likeness (QED) is 0.628. The Morgan fingerprint density at radius 3 is 2.59 bits per heavy atom. The minimum absolute atomic E-state index is 0.0742. The summed E-state index contributed by atoms with van der Waals surface area (Å²) >= 11 is 0. The molecule has 0 saturated heterocycles. The zero-order valence-corrected chi connectivity index (χ0v) is 10.2. The fourth-order valence-corrected chi connectivity index (χ4v) is 1.69. The van der Waals surface area contributed by atoms with E-state index in [9.17, 15) is 9.90 Å². The van der Waals surface area contributed by atoms with E-state index in [1.54, 1.807) is 38.1 Å². The lowest BCUT2D eigenvalue weighted by molar-refractivity contribution is -0.147. The third-order valence-corrected chi connectivity index (χ3v) is 2.44. The molecule has 1 N–H and O–H groups in total. The maximum absolute atomic E-state index is 11.5. The van der Waals surface area contributed by atoms with Crippen LogP contribution in [0.1, 0.15) is 25.8 Å². The molecule has 0 heterocycles. The van der Waals surface area contributed by atoms with Crippen molar-refractivity contribution >= 4 is 5.97 Å². The van der Waals surface area contributed by atoms with Crippen molar-refractivity contribution in [2.45, 2.75) is 25.9 Å². The molecule has 1 aromatic carbocycles. The molecular weight excluding hydrogens is 216 g/mol. The predicted molar refractivity (Wildman–Crippen MR) is 66.4 cm³/mol. The van der Waals surface area contributed by atoms with Crippen molar-refractivity contribution in [3.8, 4) is 0 Å². The topological polar surface area (TPSA) is 46.5 Å². The van der Waals surface area contributed by atoms with Gasteiger partial charge in [0.15, 0.2) is 0 Å². The molecule has 3 nitrogen and oxygen atoms in total. The van der Waals surface area contributed by atoms with E-state index in [-0.39, 0.29) is 6.42 Å². The molecule has 0 aromatic heterocycles. The van der Waals surface area contributed by atoms with Crippen molar-refractivity contribution < 1.29 is 14.6 Å². The van der Waals surface area contributed by atoms with Gasteiger partial charge in [-0.05, 0) is 19.4 Å². The molecule has 0 bridgehead atoms. The summed E-state index contributed by atoms with van der Waals surface area (Å²) in [5, 5.41) is 10.5. The molecule has 0 aliphatic heterocycles. The molecular formula is C14H18O3. The van der Waals surface area contributed by atoms with Crippen molar-refractivity contribution in [1.82, 2.24) is 0 Å². The van der Waals surface area contributed by atoms with E-state index in [2.05, 4.69) is 0 Å². The fraction of sp³-hybridized carbons (Fsp3) is 0.357. The number of benzene rings is 1. The molecule has 1 atom stereocenters. The van der Waals surface area contributed by atoms with Crippen molar-refractivity contribution in [3.05, 3.63) is 48.0 Å². The fourth-order valence-electron chi connectivity index (χ4n) is 1.69. The van der Waals surface area contributed by atoms with Crippen molar-refractivity contribution in [2.24, 2.45) is 0 Å². The SMILES string of the molecule is C/C=C/C(O)(CC(=O)OCC)c1ccccc1. The number of hydrogen-bond acceptors (Lipinski definition) is 3. The van der Waals surface area contributed by atoms with Crippen LogP contribution in [0.25, 0.3) is 0 Å². The van der Waals surface area contributed by atoms with Crippen LogP contribution in [0.5, 0.6) is 0 Å². The largest absolute Gasteiger partial charge is 0.466 e. The van der Waals surface area contributed by atoms with E-state index in [0.717, 1.165) is 0 Å². The Bertz CT molecular complexity index is 384. The van der Waals surface area contributed by atoms with Crippen LogP contribution in [0.4, 0.5) is 0 Å². The standard InChI is InChI=1S/C14H18O3/c1-3-10-14(16,11-13(15)17-4-2)12-8-6-5-7-9-12/h3,5-10,16H,4,11H2,1-2H3/b10-3+. The second-order valence-corrected chi connectivity index (χ2v) is 3.77. The Hall–Kier alpha value is -1.61. The maximum atomic E-state index is 11.5. The van der Waals surface area contributed by atoms with Crippen LogP contribution in [-0.2, 0) is 15.1 Å². The maximum Gasteiger partial charge on any atom is 0.309 e. The molecule has 17 heavy (non-hydrogen) atoms. The number of allylic oxidation sites excluding steroid dienone is 1. The number of carbonyl (C=O) groups excluding carboxylic acids is 1. The number of aliphatic hydroxyl groups is 1. The molecule has 0 aliphatic carbocycles. The molecule has 0 radical (unpaired) electrons. The number of hydrogen-bond donors (Lipinski definition) is 1. The first kappa shape index (κ1) is 13.5. The highest BCUT2D eigenvalue weighted by molar-refractivity contribution is 5.71. The summed E-state index contributed by atoms with van der Waals surface area (Å²) < 4.78 is 4.87. The van der Waals surface area contributed by atoms with Gasteiger partial charge in [-0.3, -0.25) is 4.79 Å². The highest BCUT2D eigenvalue weighted by atomic mass is 16.5. The van der Waals surface area contributed by atoms with Crippen molar-refractivity contribution in [1.29, 1.82) is 0 Å². The molecule has 1 rings (SSSR count). The molecule has 0 saturated carbocycles. The molecule has 3 heteroatoms. The number of carbonyl (C=O) groups is 1. The smallest absolute Gasteiger partial charge is 0.309 e. The summed E-state index contributed by atoms with van der Waals surface area (Å²) in [5.74, 6) is -0.406. The van der Waals surface area contributed by atoms with E-state index in [4.69, 9.17) is 4.74 Å². The number of esters is 1. The van der Waals surface area contributed by atoms with E-state index < -0.39 is 11.6 Å². The molecule has 1 unspecified atom stereocenters. The number of rotatable bonds is 5. The minimum atomic E-state index is -1.29. The van der Waals surface area contributed by atoms with Gasteiger partial charge in [0.05, 0.1) is 13.0 Å². The first-order valence-corrected chi connectivity index (χ1v) is 5.69. The molecule has 1 aromatic rings. The summed E-state index contributed by atoms with van der Waals surface area (Å²) in [6.45, 7) is 3.87. The van der Waals surface area contributed by atoms with Gasteiger partial charge in [0.2, 0.25) is 0 Å². The second-order valence-electron chi connectivity index (χ2n) is 3.77. The van der Waals surface area contributed by atoms with Crippen LogP contribution < -0.4 is 0 Å². The van der Waals surface area contributed by atoms with Crippen LogP contribution in [0, 0.1) is 0 Å². The van der Waals surface area contributed by atoms with Crippen LogP contribution in [0.2, 0.25) is 0 Å². The third-order valence-electron chi connectivity index (χ3n) is 2.44. The van der Waals surface area contributed by atoms with Crippen LogP contribution >= 0.6 is 0 Å². The van der Waals surface area contributed by atoms with E-state index >= 15 is 0 Å². The van der Waals surface area contributed by atoms with Gasteiger partial charge in [0.25, 0.3) is 0 Å². The first-order valence-electron chi connectivity index (χ1n) is 5.69. The first-order chi connectivity index (χ1) is 8.12. The van der Waals surface area contributed by atoms with Crippen LogP contribution in [-0.4, -0.2) is 17.7 Å². The van der Waals surface area contributed by atoms with Crippen LogP contribution in [0.3, 0.4) is 0 Å². The number of ether oxygens (including phenoxy) is 1. The van der Waals surface area contributed by atoms with Gasteiger partial charge in [-0.25, -0.2) is 0 Å². The Morgan fingerprint density at radius 1 is 1.41 bits per heavy atom. The average molecular weight is 234 g/mol. The predicted octanol–water partition coefficient (Wildman–Crippen LogP) is 2.40. The summed E-state index contributed by atoms with van der Waals surface area (Å²) in [6.07, 6.45) is 3.26. The summed E-state index contributed by atoms with van der Waals surface area (Å²) in [7, 11) is 0. The zero-order valence-electron chi connectivity index (χ0n) is 10.2. The normalized spacial score (nSPS) is 14.5. The Kier molecular flexibility index (Phi) is 4.91. The third kappa shape index (κ3) is 3.71.